The van der Waals surface area contributed by atoms with Crippen LogP contribution in [-0.2, 0) is 6.54 Å². The quantitative estimate of drug-likeness (QED) is 0.349. The fourth-order valence-corrected chi connectivity index (χ4v) is 3.40. The Hall–Kier alpha value is -3.68. The summed E-state index contributed by atoms with van der Waals surface area (Å²) in [5.74, 6) is 1.70. The maximum absolute atomic E-state index is 5.54. The summed E-state index contributed by atoms with van der Waals surface area (Å²) < 4.78 is 13.1. The number of benzene rings is 2. The molecule has 0 bridgehead atoms. The summed E-state index contributed by atoms with van der Waals surface area (Å²) in [4.78, 5) is 4.65. The molecule has 154 valence electrons. The Kier molecular flexibility index (Phi) is 5.74. The number of nitrogens with one attached hydrogen (secondary N) is 1. The number of anilines is 1. The first-order valence-corrected chi connectivity index (χ1v) is 9.96. The molecule has 0 aliphatic heterocycles. The summed E-state index contributed by atoms with van der Waals surface area (Å²) in [6.07, 6.45) is 2.67. The third kappa shape index (κ3) is 3.76. The molecule has 0 unspecified atom stereocenters. The lowest BCUT2D eigenvalue weighted by Gasteiger charge is -2.09. The van der Waals surface area contributed by atoms with Gasteiger partial charge in [-0.05, 0) is 43.2 Å². The summed E-state index contributed by atoms with van der Waals surface area (Å²) in [7, 11) is 1.61. The molecular formula is C22H24N6O2. The van der Waals surface area contributed by atoms with E-state index in [0.29, 0.717) is 24.1 Å². The van der Waals surface area contributed by atoms with Crippen LogP contribution in [-0.4, -0.2) is 39.7 Å². The van der Waals surface area contributed by atoms with Gasteiger partial charge in [-0.1, -0.05) is 25.1 Å². The summed E-state index contributed by atoms with van der Waals surface area (Å²) in [6.45, 7) is 5.51. The summed E-state index contributed by atoms with van der Waals surface area (Å²) in [5, 5.41) is 13.9. The molecule has 0 amide bonds. The number of hydrogen-bond acceptors (Lipinski definition) is 7. The molecule has 0 spiro atoms. The Balaban J connectivity index is 1.60. The van der Waals surface area contributed by atoms with Crippen LogP contribution in [0.2, 0.25) is 0 Å². The Bertz CT molecular complexity index is 1200. The average Bonchev–Trinajstić information content (AvgIpc) is 3.08. The van der Waals surface area contributed by atoms with Crippen molar-refractivity contribution in [1.82, 2.24) is 19.7 Å². The largest absolute Gasteiger partial charge is 0.493 e. The molecule has 4 rings (SSSR count). The van der Waals surface area contributed by atoms with Gasteiger partial charge in [-0.2, -0.15) is 10.1 Å². The van der Waals surface area contributed by atoms with Crippen molar-refractivity contribution in [2.75, 3.05) is 19.1 Å². The number of methoxy groups -OCH3 is 1. The summed E-state index contributed by atoms with van der Waals surface area (Å²) in [5.41, 5.74) is 6.44. The van der Waals surface area contributed by atoms with Crippen LogP contribution in [0.15, 0.2) is 47.6 Å². The molecule has 0 aliphatic rings. The third-order valence-corrected chi connectivity index (χ3v) is 4.69. The molecule has 0 fully saturated rings. The van der Waals surface area contributed by atoms with Gasteiger partial charge in [-0.3, -0.25) is 0 Å². The predicted molar refractivity (Wildman–Crippen MR) is 118 cm³/mol. The first-order valence-electron chi connectivity index (χ1n) is 9.96. The zero-order valence-corrected chi connectivity index (χ0v) is 17.3. The predicted octanol–water partition coefficient (Wildman–Crippen LogP) is 4.24. The zero-order valence-electron chi connectivity index (χ0n) is 17.3. The minimum Gasteiger partial charge on any atom is -0.493 e. The van der Waals surface area contributed by atoms with E-state index in [0.717, 1.165) is 40.6 Å². The molecule has 2 heterocycles. The van der Waals surface area contributed by atoms with E-state index in [2.05, 4.69) is 43.3 Å². The van der Waals surface area contributed by atoms with Crippen LogP contribution in [0.5, 0.6) is 11.5 Å². The van der Waals surface area contributed by atoms with E-state index in [1.807, 2.05) is 43.3 Å². The van der Waals surface area contributed by atoms with E-state index in [1.165, 1.54) is 0 Å². The molecule has 30 heavy (non-hydrogen) atoms. The van der Waals surface area contributed by atoms with Crippen molar-refractivity contribution < 1.29 is 9.47 Å². The highest BCUT2D eigenvalue weighted by Gasteiger charge is 2.13. The second kappa shape index (κ2) is 8.77. The van der Waals surface area contributed by atoms with Crippen molar-refractivity contribution in [3.8, 4) is 11.5 Å². The van der Waals surface area contributed by atoms with Gasteiger partial charge in [0, 0.05) is 11.9 Å². The summed E-state index contributed by atoms with van der Waals surface area (Å²) >= 11 is 0. The molecule has 8 nitrogen and oxygen atoms in total. The minimum atomic E-state index is 0.344. The molecule has 0 aliphatic carbocycles. The maximum Gasteiger partial charge on any atom is 0.265 e. The van der Waals surface area contributed by atoms with Crippen LogP contribution >= 0.6 is 0 Å². The zero-order chi connectivity index (χ0) is 20.9. The Labute approximate surface area is 174 Å². The molecule has 2 aromatic heterocycles. The van der Waals surface area contributed by atoms with Crippen LogP contribution in [0.1, 0.15) is 25.8 Å². The normalized spacial score (nSPS) is 11.4. The van der Waals surface area contributed by atoms with E-state index in [1.54, 1.807) is 13.3 Å². The van der Waals surface area contributed by atoms with Gasteiger partial charge < -0.3 is 14.0 Å². The van der Waals surface area contributed by atoms with Gasteiger partial charge in [0.1, 0.15) is 5.52 Å². The number of aromatic nitrogens is 4. The number of para-hydroxylation sites is 1. The average molecular weight is 404 g/mol. The van der Waals surface area contributed by atoms with E-state index < -0.39 is 0 Å². The number of aryl methyl sites for hydroxylation is 1. The number of fused-ring (bicyclic) bond motifs is 3. The van der Waals surface area contributed by atoms with Gasteiger partial charge in [0.2, 0.25) is 0 Å². The van der Waals surface area contributed by atoms with Crippen LogP contribution in [0.25, 0.3) is 22.1 Å². The van der Waals surface area contributed by atoms with Crippen LogP contribution in [0.4, 0.5) is 5.95 Å². The van der Waals surface area contributed by atoms with Crippen molar-refractivity contribution >= 4 is 34.2 Å². The molecule has 0 saturated heterocycles. The van der Waals surface area contributed by atoms with Crippen molar-refractivity contribution in [3.05, 3.63) is 48.0 Å². The maximum atomic E-state index is 5.54. The minimum absolute atomic E-state index is 0.344. The lowest BCUT2D eigenvalue weighted by molar-refractivity contribution is 0.311. The Morgan fingerprint density at radius 3 is 2.77 bits per heavy atom. The second-order valence-electron chi connectivity index (χ2n) is 6.69. The number of rotatable bonds is 8. The van der Waals surface area contributed by atoms with Crippen LogP contribution < -0.4 is 14.9 Å². The molecule has 0 atom stereocenters. The van der Waals surface area contributed by atoms with E-state index in [4.69, 9.17) is 9.47 Å². The van der Waals surface area contributed by atoms with Crippen LogP contribution in [0.3, 0.4) is 0 Å². The monoisotopic (exact) mass is 404 g/mol. The molecule has 0 radical (unpaired) electrons. The van der Waals surface area contributed by atoms with Gasteiger partial charge in [0.05, 0.1) is 25.4 Å². The molecule has 1 N–H and O–H groups in total. The highest BCUT2D eigenvalue weighted by Crippen LogP contribution is 2.28. The SMILES string of the molecule is CCCn1c2ccccc2c2nnc(N/N=C/c3ccc(OCC)c(OC)c3)nc21. The van der Waals surface area contributed by atoms with Crippen molar-refractivity contribution in [3.63, 3.8) is 0 Å². The van der Waals surface area contributed by atoms with E-state index >= 15 is 0 Å². The van der Waals surface area contributed by atoms with E-state index in [-0.39, 0.29) is 0 Å². The van der Waals surface area contributed by atoms with Gasteiger partial charge in [0.25, 0.3) is 5.95 Å². The van der Waals surface area contributed by atoms with E-state index in [9.17, 15) is 0 Å². The molecule has 2 aromatic carbocycles. The van der Waals surface area contributed by atoms with Crippen LogP contribution in [0, 0.1) is 0 Å². The topological polar surface area (TPSA) is 86.5 Å². The fourth-order valence-electron chi connectivity index (χ4n) is 3.40. The number of ether oxygens (including phenoxy) is 2. The highest BCUT2D eigenvalue weighted by molar-refractivity contribution is 6.04. The van der Waals surface area contributed by atoms with Gasteiger partial charge in [0.15, 0.2) is 17.1 Å². The van der Waals surface area contributed by atoms with Gasteiger partial charge >= 0.3 is 0 Å². The number of hydrogen-bond donors (Lipinski definition) is 1. The molecular weight excluding hydrogens is 380 g/mol. The summed E-state index contributed by atoms with van der Waals surface area (Å²) in [6, 6.07) is 13.8. The lowest BCUT2D eigenvalue weighted by Crippen LogP contribution is -2.03. The van der Waals surface area contributed by atoms with Crippen molar-refractivity contribution in [2.24, 2.45) is 5.10 Å². The van der Waals surface area contributed by atoms with Gasteiger partial charge in [-0.25, -0.2) is 5.43 Å². The third-order valence-electron chi connectivity index (χ3n) is 4.69. The standard InChI is InChI=1S/C22H24N6O2/c1-4-12-28-17-9-7-6-8-16(17)20-21(28)24-22(27-25-20)26-23-14-15-10-11-18(30-5-2)19(13-15)29-3/h6-11,13-14H,4-5,12H2,1-3H3,(H,24,26,27)/b23-14+. The first-order chi connectivity index (χ1) is 14.7. The number of nitrogens with zero attached hydrogens (tertiary/aromatic N) is 5. The molecule has 4 aromatic rings. The lowest BCUT2D eigenvalue weighted by atomic mass is 10.2. The van der Waals surface area contributed by atoms with Crippen molar-refractivity contribution in [1.29, 1.82) is 0 Å². The van der Waals surface area contributed by atoms with Crippen molar-refractivity contribution in [2.45, 2.75) is 26.8 Å². The first kappa shape index (κ1) is 19.6. The Morgan fingerprint density at radius 1 is 1.10 bits per heavy atom. The highest BCUT2D eigenvalue weighted by atomic mass is 16.5. The molecule has 0 saturated carbocycles. The Morgan fingerprint density at radius 2 is 1.97 bits per heavy atom. The number of hydrazone groups is 1. The van der Waals surface area contributed by atoms with Gasteiger partial charge in [-0.15, -0.1) is 10.2 Å². The smallest absolute Gasteiger partial charge is 0.265 e. The molecule has 8 heteroatoms. The fraction of sp³-hybridized carbons (Fsp3) is 0.273. The second-order valence-corrected chi connectivity index (χ2v) is 6.69.